The van der Waals surface area contributed by atoms with Crippen LogP contribution in [0.25, 0.3) is 0 Å². The van der Waals surface area contributed by atoms with E-state index < -0.39 is 17.5 Å². The molecule has 0 bridgehead atoms. The highest BCUT2D eigenvalue weighted by molar-refractivity contribution is 6.37. The van der Waals surface area contributed by atoms with Gasteiger partial charge in [0.15, 0.2) is 5.54 Å². The zero-order valence-electron chi connectivity index (χ0n) is 14.5. The van der Waals surface area contributed by atoms with Crippen LogP contribution in [0.3, 0.4) is 0 Å². The molecule has 1 aliphatic rings. The van der Waals surface area contributed by atoms with Gasteiger partial charge in [-0.15, -0.1) is 0 Å². The summed E-state index contributed by atoms with van der Waals surface area (Å²) in [6.07, 6.45) is 0.119. The van der Waals surface area contributed by atoms with Crippen LogP contribution in [0.2, 0.25) is 0 Å². The number of hydrazone groups is 1. The number of rotatable bonds is 6. The average molecular weight is 352 g/mol. The lowest BCUT2D eigenvalue weighted by molar-refractivity contribution is -0.151. The molecule has 0 saturated heterocycles. The van der Waals surface area contributed by atoms with E-state index in [9.17, 15) is 9.59 Å². The molecule has 6 heteroatoms. The summed E-state index contributed by atoms with van der Waals surface area (Å²) in [4.78, 5) is 24.5. The van der Waals surface area contributed by atoms with Crippen LogP contribution in [0.1, 0.15) is 24.5 Å². The number of carbonyl (C=O) groups excluding carboxylic acids is 2. The van der Waals surface area contributed by atoms with Gasteiger partial charge in [-0.05, 0) is 18.1 Å². The van der Waals surface area contributed by atoms with Crippen molar-refractivity contribution >= 4 is 17.7 Å². The molecule has 0 amide bonds. The fourth-order valence-corrected chi connectivity index (χ4v) is 2.53. The van der Waals surface area contributed by atoms with Crippen LogP contribution >= 0.6 is 0 Å². The lowest BCUT2D eigenvalue weighted by Gasteiger charge is -2.21. The molecule has 0 aromatic heterocycles. The molecule has 1 aliphatic heterocycles. The van der Waals surface area contributed by atoms with Crippen molar-refractivity contribution in [2.45, 2.75) is 32.1 Å². The van der Waals surface area contributed by atoms with Gasteiger partial charge in [0.2, 0.25) is 0 Å². The van der Waals surface area contributed by atoms with E-state index in [4.69, 9.17) is 9.47 Å². The molecule has 0 saturated carbocycles. The van der Waals surface area contributed by atoms with Gasteiger partial charge in [-0.25, -0.2) is 9.59 Å². The monoisotopic (exact) mass is 352 g/mol. The van der Waals surface area contributed by atoms with Gasteiger partial charge >= 0.3 is 11.9 Å². The zero-order chi connectivity index (χ0) is 18.4. The molecule has 2 aromatic carbocycles. The summed E-state index contributed by atoms with van der Waals surface area (Å²) in [6, 6.07) is 18.8. The van der Waals surface area contributed by atoms with Crippen molar-refractivity contribution in [3.63, 3.8) is 0 Å². The van der Waals surface area contributed by atoms with Gasteiger partial charge in [0.25, 0.3) is 0 Å². The van der Waals surface area contributed by atoms with Crippen LogP contribution in [-0.2, 0) is 32.3 Å². The molecular weight excluding hydrogens is 332 g/mol. The van der Waals surface area contributed by atoms with E-state index in [0.717, 1.165) is 11.1 Å². The standard InChI is InChI=1S/C20H20N2O4/c1-20(19(24)26-14-16-10-6-3-7-11-16)12-17(21-22-20)18(23)25-13-15-8-4-2-5-9-15/h2-11,22H,12-14H2,1H3. The molecule has 0 radical (unpaired) electrons. The Hall–Kier alpha value is -3.15. The summed E-state index contributed by atoms with van der Waals surface area (Å²) in [7, 11) is 0. The second-order valence-electron chi connectivity index (χ2n) is 6.30. The first-order valence-corrected chi connectivity index (χ1v) is 8.33. The Labute approximate surface area is 151 Å². The molecule has 2 aromatic rings. The van der Waals surface area contributed by atoms with Crippen LogP contribution in [0.15, 0.2) is 65.8 Å². The molecule has 3 rings (SSSR count). The van der Waals surface area contributed by atoms with Gasteiger partial charge in [-0.1, -0.05) is 60.7 Å². The Morgan fingerprint density at radius 3 is 2.08 bits per heavy atom. The van der Waals surface area contributed by atoms with Crippen molar-refractivity contribution in [2.24, 2.45) is 5.10 Å². The molecule has 1 atom stereocenters. The number of hydrogen-bond acceptors (Lipinski definition) is 6. The predicted octanol–water partition coefficient (Wildman–Crippen LogP) is 2.58. The molecule has 0 spiro atoms. The normalized spacial score (nSPS) is 18.6. The van der Waals surface area contributed by atoms with E-state index in [0.29, 0.717) is 0 Å². The highest BCUT2D eigenvalue weighted by Crippen LogP contribution is 2.20. The number of nitrogens with one attached hydrogen (secondary N) is 1. The van der Waals surface area contributed by atoms with Gasteiger partial charge in [0, 0.05) is 6.42 Å². The number of benzene rings is 2. The topological polar surface area (TPSA) is 77.0 Å². The zero-order valence-corrected chi connectivity index (χ0v) is 14.5. The van der Waals surface area contributed by atoms with E-state index in [-0.39, 0.29) is 25.3 Å². The third kappa shape index (κ3) is 4.27. The highest BCUT2D eigenvalue weighted by atomic mass is 16.5. The second-order valence-corrected chi connectivity index (χ2v) is 6.30. The summed E-state index contributed by atoms with van der Waals surface area (Å²) in [6.45, 7) is 1.99. The van der Waals surface area contributed by atoms with Gasteiger partial charge < -0.3 is 9.47 Å². The van der Waals surface area contributed by atoms with Crippen LogP contribution in [0, 0.1) is 0 Å². The SMILES string of the molecule is CC1(C(=O)OCc2ccccc2)CC(C(=O)OCc2ccccc2)=NN1. The number of ether oxygens (including phenoxy) is 2. The van der Waals surface area contributed by atoms with Crippen molar-refractivity contribution in [3.05, 3.63) is 71.8 Å². The third-order valence-electron chi connectivity index (χ3n) is 4.07. The minimum atomic E-state index is -1.07. The van der Waals surface area contributed by atoms with Crippen molar-refractivity contribution < 1.29 is 19.1 Å². The molecule has 0 fully saturated rings. The van der Waals surface area contributed by atoms with Crippen LogP contribution in [0.4, 0.5) is 0 Å². The highest BCUT2D eigenvalue weighted by Gasteiger charge is 2.42. The van der Waals surface area contributed by atoms with Crippen molar-refractivity contribution in [1.82, 2.24) is 5.43 Å². The first kappa shape index (κ1) is 17.7. The maximum absolute atomic E-state index is 12.4. The number of carbonyl (C=O) groups is 2. The van der Waals surface area contributed by atoms with E-state index >= 15 is 0 Å². The largest absolute Gasteiger partial charge is 0.459 e. The maximum Gasteiger partial charge on any atom is 0.354 e. The molecule has 26 heavy (non-hydrogen) atoms. The van der Waals surface area contributed by atoms with E-state index in [1.807, 2.05) is 60.7 Å². The van der Waals surface area contributed by atoms with Crippen molar-refractivity contribution in [3.8, 4) is 0 Å². The molecule has 0 aliphatic carbocycles. The van der Waals surface area contributed by atoms with Crippen molar-refractivity contribution in [2.75, 3.05) is 0 Å². The smallest absolute Gasteiger partial charge is 0.354 e. The maximum atomic E-state index is 12.4. The van der Waals surface area contributed by atoms with Crippen LogP contribution in [-0.4, -0.2) is 23.2 Å². The second kappa shape index (κ2) is 7.82. The number of hydrogen-bond donors (Lipinski definition) is 1. The molecule has 6 nitrogen and oxygen atoms in total. The van der Waals surface area contributed by atoms with Crippen LogP contribution < -0.4 is 5.43 Å². The molecular formula is C20H20N2O4. The summed E-state index contributed by atoms with van der Waals surface area (Å²) in [5, 5.41) is 3.97. The fourth-order valence-electron chi connectivity index (χ4n) is 2.53. The summed E-state index contributed by atoms with van der Waals surface area (Å²) in [5.74, 6) is -1.00. The average Bonchev–Trinajstić information content (AvgIpc) is 3.09. The Morgan fingerprint density at radius 1 is 0.962 bits per heavy atom. The van der Waals surface area contributed by atoms with Crippen molar-refractivity contribution in [1.29, 1.82) is 0 Å². The summed E-state index contributed by atoms with van der Waals surface area (Å²) >= 11 is 0. The van der Waals surface area contributed by atoms with Gasteiger partial charge in [0.1, 0.15) is 18.9 Å². The lowest BCUT2D eigenvalue weighted by Crippen LogP contribution is -2.45. The molecule has 1 heterocycles. The predicted molar refractivity (Wildman–Crippen MR) is 96.1 cm³/mol. The Bertz CT molecular complexity index is 805. The summed E-state index contributed by atoms with van der Waals surface area (Å²) in [5.41, 5.74) is 3.60. The molecule has 1 N–H and O–H groups in total. The first-order valence-electron chi connectivity index (χ1n) is 8.33. The van der Waals surface area contributed by atoms with Gasteiger partial charge in [-0.3, -0.25) is 5.43 Å². The quantitative estimate of drug-likeness (QED) is 0.809. The summed E-state index contributed by atoms with van der Waals surface area (Å²) < 4.78 is 10.6. The van der Waals surface area contributed by atoms with Crippen LogP contribution in [0.5, 0.6) is 0 Å². The Kier molecular flexibility index (Phi) is 5.31. The lowest BCUT2D eigenvalue weighted by atomic mass is 9.97. The Morgan fingerprint density at radius 2 is 1.50 bits per heavy atom. The number of esters is 2. The van der Waals surface area contributed by atoms with Gasteiger partial charge in [-0.2, -0.15) is 5.10 Å². The molecule has 134 valence electrons. The third-order valence-corrected chi connectivity index (χ3v) is 4.07. The first-order chi connectivity index (χ1) is 12.6. The minimum Gasteiger partial charge on any atom is -0.459 e. The Balaban J connectivity index is 1.50. The van der Waals surface area contributed by atoms with E-state index in [1.54, 1.807) is 6.92 Å². The van der Waals surface area contributed by atoms with E-state index in [2.05, 4.69) is 10.5 Å². The van der Waals surface area contributed by atoms with Gasteiger partial charge in [0.05, 0.1) is 0 Å². The molecule has 1 unspecified atom stereocenters. The fraction of sp³-hybridized carbons (Fsp3) is 0.250. The number of nitrogens with zero attached hydrogens (tertiary/aromatic N) is 1. The minimum absolute atomic E-state index is 0.119. The van der Waals surface area contributed by atoms with E-state index in [1.165, 1.54) is 0 Å².